The molecule has 0 aliphatic carbocycles. The number of hydrogen-bond donors (Lipinski definition) is 2. The summed E-state index contributed by atoms with van der Waals surface area (Å²) in [5.74, 6) is 0.191. The smallest absolute Gasteiger partial charge is 0.0985 e. The van der Waals surface area contributed by atoms with Crippen molar-refractivity contribution in [3.63, 3.8) is 0 Å². The van der Waals surface area contributed by atoms with Gasteiger partial charge in [-0.3, -0.25) is 5.41 Å². The van der Waals surface area contributed by atoms with Crippen LogP contribution < -0.4 is 5.73 Å². The number of benzene rings is 2. The van der Waals surface area contributed by atoms with E-state index < -0.39 is 0 Å². The molecule has 0 saturated carbocycles. The van der Waals surface area contributed by atoms with Gasteiger partial charge in [-0.2, -0.15) is 0 Å². The molecule has 116 valence electrons. The van der Waals surface area contributed by atoms with Crippen LogP contribution in [0.3, 0.4) is 0 Å². The third-order valence-electron chi connectivity index (χ3n) is 3.10. The highest BCUT2D eigenvalue weighted by molar-refractivity contribution is 5.86. The second-order valence-corrected chi connectivity index (χ2v) is 4.61. The molecule has 0 fully saturated rings. The van der Waals surface area contributed by atoms with Gasteiger partial charge in [-0.05, 0) is 24.5 Å². The van der Waals surface area contributed by atoms with E-state index in [0.717, 1.165) is 12.0 Å². The second-order valence-electron chi connectivity index (χ2n) is 4.61. The van der Waals surface area contributed by atoms with Crippen molar-refractivity contribution in [2.45, 2.75) is 19.3 Å². The third kappa shape index (κ3) is 6.38. The van der Waals surface area contributed by atoms with E-state index in [2.05, 4.69) is 31.2 Å². The van der Waals surface area contributed by atoms with Gasteiger partial charge in [-0.25, -0.2) is 0 Å². The highest BCUT2D eigenvalue weighted by Gasteiger charge is 2.15. The van der Waals surface area contributed by atoms with Crippen molar-refractivity contribution in [1.82, 2.24) is 0 Å². The molecule has 0 aliphatic rings. The van der Waals surface area contributed by atoms with Crippen LogP contribution in [-0.2, 0) is 6.42 Å². The van der Waals surface area contributed by atoms with Crippen LogP contribution in [0.25, 0.3) is 0 Å². The van der Waals surface area contributed by atoms with Crippen LogP contribution in [0.5, 0.6) is 0 Å². The van der Waals surface area contributed by atoms with Gasteiger partial charge in [-0.15, -0.1) is 37.2 Å². The average Bonchev–Trinajstić information content (AvgIpc) is 2.37. The van der Waals surface area contributed by atoms with Crippen LogP contribution in [0.4, 0.5) is 0 Å². The Morgan fingerprint density at radius 3 is 2.14 bits per heavy atom. The summed E-state index contributed by atoms with van der Waals surface area (Å²) < 4.78 is 0. The van der Waals surface area contributed by atoms with Crippen LogP contribution in [0.1, 0.15) is 22.6 Å². The fourth-order valence-electron chi connectivity index (χ4n) is 2.14. The molecular formula is C16H21Cl3N2. The lowest BCUT2D eigenvalue weighted by molar-refractivity contribution is 0.860. The molecule has 0 aliphatic heterocycles. The molecule has 1 atom stereocenters. The van der Waals surface area contributed by atoms with Crippen molar-refractivity contribution >= 4 is 43.1 Å². The summed E-state index contributed by atoms with van der Waals surface area (Å²) in [4.78, 5) is 0. The predicted octanol–water partition coefficient (Wildman–Crippen LogP) is 4.52. The Labute approximate surface area is 144 Å². The number of nitrogens with two attached hydrogens (primary N) is 1. The Bertz CT molecular complexity index is 544. The van der Waals surface area contributed by atoms with E-state index in [-0.39, 0.29) is 49.0 Å². The largest absolute Gasteiger partial charge is 0.387 e. The van der Waals surface area contributed by atoms with Gasteiger partial charge in [0.2, 0.25) is 0 Å². The minimum Gasteiger partial charge on any atom is -0.387 e. The van der Waals surface area contributed by atoms with E-state index in [1.54, 1.807) is 0 Å². The summed E-state index contributed by atoms with van der Waals surface area (Å²) in [5, 5.41) is 7.79. The first-order valence-electron chi connectivity index (χ1n) is 6.11. The first kappa shape index (κ1) is 22.1. The zero-order valence-electron chi connectivity index (χ0n) is 11.8. The average molecular weight is 348 g/mol. The van der Waals surface area contributed by atoms with Gasteiger partial charge < -0.3 is 5.73 Å². The van der Waals surface area contributed by atoms with E-state index in [0.29, 0.717) is 0 Å². The van der Waals surface area contributed by atoms with E-state index >= 15 is 0 Å². The summed E-state index contributed by atoms with van der Waals surface area (Å²) in [6.45, 7) is 2.06. The highest BCUT2D eigenvalue weighted by Crippen LogP contribution is 2.21. The molecule has 0 spiro atoms. The van der Waals surface area contributed by atoms with E-state index in [1.807, 2.05) is 30.3 Å². The number of rotatable bonds is 4. The fourth-order valence-corrected chi connectivity index (χ4v) is 2.14. The Morgan fingerprint density at radius 2 is 1.62 bits per heavy atom. The highest BCUT2D eigenvalue weighted by atomic mass is 35.5. The van der Waals surface area contributed by atoms with Crippen molar-refractivity contribution in [3.8, 4) is 0 Å². The molecule has 2 nitrogen and oxygen atoms in total. The van der Waals surface area contributed by atoms with Gasteiger partial charge in [0.25, 0.3) is 0 Å². The lowest BCUT2D eigenvalue weighted by Gasteiger charge is -2.16. The molecule has 2 aromatic rings. The zero-order valence-corrected chi connectivity index (χ0v) is 14.2. The predicted molar refractivity (Wildman–Crippen MR) is 97.7 cm³/mol. The Kier molecular flexibility index (Phi) is 11.0. The lowest BCUT2D eigenvalue weighted by atomic mass is 9.90. The summed E-state index contributed by atoms with van der Waals surface area (Å²) in [6.07, 6.45) is 0.777. The van der Waals surface area contributed by atoms with Crippen LogP contribution >= 0.6 is 37.2 Å². The van der Waals surface area contributed by atoms with Crippen molar-refractivity contribution in [1.29, 1.82) is 5.41 Å². The molecular weight excluding hydrogens is 327 g/mol. The van der Waals surface area contributed by atoms with Crippen LogP contribution in [-0.4, -0.2) is 5.84 Å². The maximum Gasteiger partial charge on any atom is 0.0985 e. The van der Waals surface area contributed by atoms with Crippen molar-refractivity contribution in [2.75, 3.05) is 0 Å². The van der Waals surface area contributed by atoms with Crippen molar-refractivity contribution in [3.05, 3.63) is 71.3 Å². The summed E-state index contributed by atoms with van der Waals surface area (Å²) in [7, 11) is 0. The minimum absolute atomic E-state index is 0. The Balaban J connectivity index is 0. The van der Waals surface area contributed by atoms with Crippen molar-refractivity contribution < 1.29 is 0 Å². The molecule has 2 rings (SSSR count). The quantitative estimate of drug-likeness (QED) is 0.620. The molecule has 0 heterocycles. The number of aryl methyl sites for hydroxylation is 1. The number of hydrogen-bond acceptors (Lipinski definition) is 1. The summed E-state index contributed by atoms with van der Waals surface area (Å²) in [5.41, 5.74) is 9.28. The second kappa shape index (κ2) is 10.5. The van der Waals surface area contributed by atoms with E-state index in [9.17, 15) is 0 Å². The summed E-state index contributed by atoms with van der Waals surface area (Å²) >= 11 is 0. The van der Waals surface area contributed by atoms with Crippen LogP contribution in [0.2, 0.25) is 0 Å². The molecule has 0 amide bonds. The monoisotopic (exact) mass is 346 g/mol. The van der Waals surface area contributed by atoms with Crippen LogP contribution in [0, 0.1) is 12.3 Å². The minimum atomic E-state index is -0.0349. The van der Waals surface area contributed by atoms with Crippen molar-refractivity contribution in [2.24, 2.45) is 5.73 Å². The van der Waals surface area contributed by atoms with E-state index in [4.69, 9.17) is 11.1 Å². The van der Waals surface area contributed by atoms with Gasteiger partial charge >= 0.3 is 0 Å². The summed E-state index contributed by atoms with van der Waals surface area (Å²) in [6, 6.07) is 18.4. The first-order valence-corrected chi connectivity index (χ1v) is 6.11. The first-order chi connectivity index (χ1) is 8.66. The maximum absolute atomic E-state index is 7.79. The normalized spacial score (nSPS) is 10.3. The molecule has 0 saturated heterocycles. The molecule has 2 aromatic carbocycles. The zero-order chi connectivity index (χ0) is 13.0. The van der Waals surface area contributed by atoms with Gasteiger partial charge in [0.1, 0.15) is 0 Å². The maximum atomic E-state index is 7.79. The molecule has 5 heteroatoms. The van der Waals surface area contributed by atoms with Gasteiger partial charge in [0, 0.05) is 5.92 Å². The Morgan fingerprint density at radius 1 is 1.00 bits per heavy atom. The Hall–Kier alpha value is -1.22. The third-order valence-corrected chi connectivity index (χ3v) is 3.10. The number of nitrogens with one attached hydrogen (secondary N) is 1. The van der Waals surface area contributed by atoms with Gasteiger partial charge in [0.15, 0.2) is 0 Å². The molecule has 0 aromatic heterocycles. The lowest BCUT2D eigenvalue weighted by Crippen LogP contribution is -2.22. The topological polar surface area (TPSA) is 49.9 Å². The standard InChI is InChI=1S/C16H18N2.3ClH/c1-12-6-5-9-14(10-12)15(16(17)18)11-13-7-3-2-4-8-13;;;/h2-10,15H,11H2,1H3,(H3,17,18);3*1H. The fraction of sp³-hybridized carbons (Fsp3) is 0.188. The SMILES string of the molecule is Cc1cccc(C(Cc2ccccc2)C(=N)N)c1.Cl.Cl.Cl. The van der Waals surface area contributed by atoms with Crippen LogP contribution in [0.15, 0.2) is 54.6 Å². The number of halogens is 3. The molecule has 1 unspecified atom stereocenters. The van der Waals surface area contributed by atoms with Gasteiger partial charge in [-0.1, -0.05) is 60.2 Å². The molecule has 0 bridgehead atoms. The van der Waals surface area contributed by atoms with Gasteiger partial charge in [0.05, 0.1) is 5.84 Å². The molecule has 21 heavy (non-hydrogen) atoms. The molecule has 0 radical (unpaired) electrons. The molecule has 3 N–H and O–H groups in total. The van der Waals surface area contributed by atoms with E-state index in [1.165, 1.54) is 11.1 Å². The number of amidine groups is 1.